The Bertz CT molecular complexity index is 989. The maximum atomic E-state index is 11.9. The van der Waals surface area contributed by atoms with E-state index >= 15 is 0 Å². The van der Waals surface area contributed by atoms with Gasteiger partial charge in [-0.25, -0.2) is 9.59 Å². The monoisotopic (exact) mass is 380 g/mol. The van der Waals surface area contributed by atoms with Crippen LogP contribution in [0.25, 0.3) is 22.4 Å². The molecule has 0 aliphatic heterocycles. The van der Waals surface area contributed by atoms with Gasteiger partial charge < -0.3 is 14.4 Å². The molecule has 3 aromatic rings. The van der Waals surface area contributed by atoms with Crippen LogP contribution in [0, 0.1) is 6.92 Å². The molecular weight excluding hydrogens is 360 g/mol. The number of hydrogen-bond acceptors (Lipinski definition) is 5. The van der Waals surface area contributed by atoms with Crippen LogP contribution in [-0.4, -0.2) is 28.4 Å². The van der Waals surface area contributed by atoms with Crippen molar-refractivity contribution in [2.24, 2.45) is 0 Å². The average Bonchev–Trinajstić information content (AvgIpc) is 3.02. The molecule has 2 aromatic carbocycles. The number of aromatic nitrogens is 1. The molecule has 0 bridgehead atoms. The summed E-state index contributed by atoms with van der Waals surface area (Å²) in [6.45, 7) is 5.24. The van der Waals surface area contributed by atoms with E-state index in [-0.39, 0.29) is 11.7 Å². The van der Waals surface area contributed by atoms with Gasteiger partial charge in [0.2, 0.25) is 0 Å². The number of amides is 1. The third kappa shape index (κ3) is 4.20. The summed E-state index contributed by atoms with van der Waals surface area (Å²) in [7, 11) is 0. The van der Waals surface area contributed by atoms with Crippen LogP contribution in [0.3, 0.4) is 0 Å². The molecule has 0 aliphatic rings. The molecule has 0 saturated carbocycles. The SMILES string of the molecule is Cc1onc(-c2ccc(-c3ccc(C(=O)O)cc3)cc2)c1NC(=O)OC(C)C. The van der Waals surface area contributed by atoms with Crippen molar-refractivity contribution in [1.82, 2.24) is 5.16 Å². The van der Waals surface area contributed by atoms with Crippen LogP contribution in [0.15, 0.2) is 53.1 Å². The topological polar surface area (TPSA) is 102 Å². The first-order valence-corrected chi connectivity index (χ1v) is 8.73. The average molecular weight is 380 g/mol. The second kappa shape index (κ2) is 7.96. The number of carbonyl (C=O) groups excluding carboxylic acids is 1. The van der Waals surface area contributed by atoms with E-state index in [4.69, 9.17) is 14.4 Å². The van der Waals surface area contributed by atoms with Crippen LogP contribution in [0.1, 0.15) is 30.0 Å². The second-order valence-corrected chi connectivity index (χ2v) is 6.50. The summed E-state index contributed by atoms with van der Waals surface area (Å²) in [5.74, 6) is -0.483. The van der Waals surface area contributed by atoms with E-state index in [2.05, 4.69) is 10.5 Å². The van der Waals surface area contributed by atoms with E-state index in [0.29, 0.717) is 17.1 Å². The molecule has 2 N–H and O–H groups in total. The fraction of sp³-hybridized carbons (Fsp3) is 0.190. The molecule has 0 atom stereocenters. The van der Waals surface area contributed by atoms with Crippen molar-refractivity contribution in [3.05, 3.63) is 59.9 Å². The molecule has 28 heavy (non-hydrogen) atoms. The molecule has 0 aliphatic carbocycles. The normalized spacial score (nSPS) is 10.7. The number of ether oxygens (including phenoxy) is 1. The largest absolute Gasteiger partial charge is 0.478 e. The lowest BCUT2D eigenvalue weighted by molar-refractivity contribution is 0.0696. The minimum atomic E-state index is -0.959. The number of anilines is 1. The van der Waals surface area contributed by atoms with E-state index in [9.17, 15) is 9.59 Å². The molecule has 3 rings (SSSR count). The lowest BCUT2D eigenvalue weighted by Crippen LogP contribution is -2.18. The van der Waals surface area contributed by atoms with Crippen LogP contribution >= 0.6 is 0 Å². The van der Waals surface area contributed by atoms with E-state index < -0.39 is 12.1 Å². The van der Waals surface area contributed by atoms with Gasteiger partial charge in [-0.3, -0.25) is 5.32 Å². The first-order valence-electron chi connectivity index (χ1n) is 8.73. The Kier molecular flexibility index (Phi) is 5.44. The van der Waals surface area contributed by atoms with Crippen LogP contribution < -0.4 is 5.32 Å². The maximum absolute atomic E-state index is 11.9. The van der Waals surface area contributed by atoms with Gasteiger partial charge in [0, 0.05) is 5.56 Å². The summed E-state index contributed by atoms with van der Waals surface area (Å²) >= 11 is 0. The minimum absolute atomic E-state index is 0.238. The van der Waals surface area contributed by atoms with E-state index in [1.165, 1.54) is 0 Å². The summed E-state index contributed by atoms with van der Waals surface area (Å²) in [4.78, 5) is 22.9. The lowest BCUT2D eigenvalue weighted by Gasteiger charge is -2.10. The lowest BCUT2D eigenvalue weighted by atomic mass is 10.0. The van der Waals surface area contributed by atoms with Gasteiger partial charge in [-0.15, -0.1) is 0 Å². The van der Waals surface area contributed by atoms with Crippen molar-refractivity contribution in [2.75, 3.05) is 5.32 Å². The molecule has 0 spiro atoms. The number of benzene rings is 2. The Hall–Kier alpha value is -3.61. The number of carboxylic acids is 1. The molecule has 1 aromatic heterocycles. The third-order valence-corrected chi connectivity index (χ3v) is 4.06. The van der Waals surface area contributed by atoms with Gasteiger partial charge in [0.15, 0.2) is 5.76 Å². The zero-order valence-electron chi connectivity index (χ0n) is 15.7. The molecule has 0 radical (unpaired) electrons. The van der Waals surface area contributed by atoms with Crippen molar-refractivity contribution >= 4 is 17.7 Å². The van der Waals surface area contributed by atoms with Gasteiger partial charge in [0.05, 0.1) is 11.7 Å². The quantitative estimate of drug-likeness (QED) is 0.648. The second-order valence-electron chi connectivity index (χ2n) is 6.50. The molecular formula is C21H20N2O5. The van der Waals surface area contributed by atoms with Gasteiger partial charge in [-0.05, 0) is 44.0 Å². The zero-order valence-corrected chi connectivity index (χ0v) is 15.7. The number of aromatic carboxylic acids is 1. The van der Waals surface area contributed by atoms with Crippen molar-refractivity contribution < 1.29 is 24.0 Å². The number of aryl methyl sites for hydroxylation is 1. The Labute approximate surface area is 161 Å². The van der Waals surface area contributed by atoms with E-state index in [1.54, 1.807) is 45.0 Å². The molecule has 0 fully saturated rings. The highest BCUT2D eigenvalue weighted by molar-refractivity contribution is 5.91. The molecule has 7 nitrogen and oxygen atoms in total. The number of carbonyl (C=O) groups is 2. The number of nitrogens with one attached hydrogen (secondary N) is 1. The molecule has 0 unspecified atom stereocenters. The maximum Gasteiger partial charge on any atom is 0.412 e. The van der Waals surface area contributed by atoms with E-state index in [0.717, 1.165) is 16.7 Å². The summed E-state index contributed by atoms with van der Waals surface area (Å²) in [5.41, 5.74) is 3.79. The first-order chi connectivity index (χ1) is 13.3. The highest BCUT2D eigenvalue weighted by Gasteiger charge is 2.18. The summed E-state index contributed by atoms with van der Waals surface area (Å²) in [5, 5.41) is 15.7. The fourth-order valence-electron chi connectivity index (χ4n) is 2.69. The predicted molar refractivity (Wildman–Crippen MR) is 104 cm³/mol. The standard InChI is InChI=1S/C21H20N2O5/c1-12(2)27-21(26)22-18-13(3)28-23-19(18)16-8-4-14(5-9-16)15-6-10-17(11-7-15)20(24)25/h4-12H,1-3H3,(H,22,26)(H,24,25). The highest BCUT2D eigenvalue weighted by Crippen LogP contribution is 2.32. The number of rotatable bonds is 5. The highest BCUT2D eigenvalue weighted by atomic mass is 16.6. The summed E-state index contributed by atoms with van der Waals surface area (Å²) in [6, 6.07) is 14.1. The van der Waals surface area contributed by atoms with Gasteiger partial charge >= 0.3 is 12.1 Å². The Balaban J connectivity index is 1.84. The Morgan fingerprint density at radius 3 is 2.07 bits per heavy atom. The smallest absolute Gasteiger partial charge is 0.412 e. The van der Waals surface area contributed by atoms with Crippen molar-refractivity contribution in [3.8, 4) is 22.4 Å². The van der Waals surface area contributed by atoms with Crippen molar-refractivity contribution in [3.63, 3.8) is 0 Å². The number of carboxylic acid groups (broad SMARTS) is 1. The van der Waals surface area contributed by atoms with Gasteiger partial charge in [0.25, 0.3) is 0 Å². The van der Waals surface area contributed by atoms with Gasteiger partial charge in [-0.1, -0.05) is 41.6 Å². The number of hydrogen-bond donors (Lipinski definition) is 2. The molecule has 1 amide bonds. The zero-order chi connectivity index (χ0) is 20.3. The predicted octanol–water partition coefficient (Wildman–Crippen LogP) is 4.97. The summed E-state index contributed by atoms with van der Waals surface area (Å²) < 4.78 is 10.3. The van der Waals surface area contributed by atoms with Crippen LogP contribution in [0.4, 0.5) is 10.5 Å². The van der Waals surface area contributed by atoms with Crippen LogP contribution in [-0.2, 0) is 4.74 Å². The Morgan fingerprint density at radius 2 is 1.54 bits per heavy atom. The van der Waals surface area contributed by atoms with Crippen molar-refractivity contribution in [2.45, 2.75) is 26.9 Å². The summed E-state index contributed by atoms with van der Waals surface area (Å²) in [6.07, 6.45) is -0.812. The van der Waals surface area contributed by atoms with E-state index in [1.807, 2.05) is 24.3 Å². The van der Waals surface area contributed by atoms with Gasteiger partial charge in [0.1, 0.15) is 11.4 Å². The molecule has 7 heteroatoms. The fourth-order valence-corrected chi connectivity index (χ4v) is 2.69. The molecule has 144 valence electrons. The van der Waals surface area contributed by atoms with Crippen LogP contribution in [0.2, 0.25) is 0 Å². The Morgan fingerprint density at radius 1 is 1.00 bits per heavy atom. The number of nitrogens with zero attached hydrogens (tertiary/aromatic N) is 1. The molecule has 0 saturated heterocycles. The molecule has 1 heterocycles. The van der Waals surface area contributed by atoms with Crippen molar-refractivity contribution in [1.29, 1.82) is 0 Å². The first kappa shape index (κ1) is 19.2. The third-order valence-electron chi connectivity index (χ3n) is 4.06. The van der Waals surface area contributed by atoms with Gasteiger partial charge in [-0.2, -0.15) is 0 Å². The van der Waals surface area contributed by atoms with Crippen LogP contribution in [0.5, 0.6) is 0 Å². The minimum Gasteiger partial charge on any atom is -0.478 e.